The van der Waals surface area contributed by atoms with E-state index in [1.165, 1.54) is 43.6 Å². The fourth-order valence-electron chi connectivity index (χ4n) is 5.75. The van der Waals surface area contributed by atoms with Crippen molar-refractivity contribution >= 4 is 0 Å². The Labute approximate surface area is 167 Å². The van der Waals surface area contributed by atoms with Crippen molar-refractivity contribution in [1.82, 2.24) is 4.90 Å². The lowest BCUT2D eigenvalue weighted by Gasteiger charge is -2.53. The van der Waals surface area contributed by atoms with Crippen LogP contribution in [0.15, 0.2) is 24.3 Å². The molecule has 1 unspecified atom stereocenters. The standard InChI is InChI=1S/C25H41NO/c1-18(15-20-7-9-21(10-8-20)24(3,4)5)16-26-14-12-22-19(2)23(27)11-13-25(22,6)17-26/h7-10,18-19,22-23,27H,11-17H2,1-6H3/t18?,19-,22+,23-,25-/m0/s1. The predicted octanol–water partition coefficient (Wildman–Crippen LogP) is 5.28. The van der Waals surface area contributed by atoms with E-state index >= 15 is 0 Å². The third-order valence-corrected chi connectivity index (χ3v) is 7.46. The lowest BCUT2D eigenvalue weighted by Crippen LogP contribution is -2.54. The lowest BCUT2D eigenvalue weighted by atomic mass is 9.59. The molecule has 2 fully saturated rings. The van der Waals surface area contributed by atoms with Gasteiger partial charge in [0.25, 0.3) is 0 Å². The van der Waals surface area contributed by atoms with Crippen molar-refractivity contribution in [1.29, 1.82) is 0 Å². The fraction of sp³-hybridized carbons (Fsp3) is 0.760. The van der Waals surface area contributed by atoms with Crippen LogP contribution in [-0.2, 0) is 11.8 Å². The van der Waals surface area contributed by atoms with E-state index in [-0.39, 0.29) is 11.5 Å². The quantitative estimate of drug-likeness (QED) is 0.778. The van der Waals surface area contributed by atoms with Gasteiger partial charge in [0.1, 0.15) is 0 Å². The third-order valence-electron chi connectivity index (χ3n) is 7.46. The molecule has 0 radical (unpaired) electrons. The van der Waals surface area contributed by atoms with Crippen LogP contribution in [0.5, 0.6) is 0 Å². The Hall–Kier alpha value is -0.860. The zero-order valence-corrected chi connectivity index (χ0v) is 18.5. The number of hydrogen-bond acceptors (Lipinski definition) is 2. The normalized spacial score (nSPS) is 33.5. The summed E-state index contributed by atoms with van der Waals surface area (Å²) in [6.07, 6.45) is 4.50. The Morgan fingerprint density at radius 1 is 1.19 bits per heavy atom. The van der Waals surface area contributed by atoms with Gasteiger partial charge in [-0.15, -0.1) is 0 Å². The first kappa shape index (κ1) is 20.9. The van der Waals surface area contributed by atoms with Crippen molar-refractivity contribution in [2.45, 2.75) is 78.7 Å². The topological polar surface area (TPSA) is 23.5 Å². The van der Waals surface area contributed by atoms with Crippen LogP contribution in [0.25, 0.3) is 0 Å². The van der Waals surface area contributed by atoms with Gasteiger partial charge in [0.2, 0.25) is 0 Å². The molecule has 0 aromatic heterocycles. The second kappa shape index (κ2) is 7.87. The van der Waals surface area contributed by atoms with Crippen LogP contribution in [0.4, 0.5) is 0 Å². The number of nitrogens with zero attached hydrogens (tertiary/aromatic N) is 1. The molecule has 3 rings (SSSR count). The van der Waals surface area contributed by atoms with Gasteiger partial charge in [-0.1, -0.05) is 65.8 Å². The first-order chi connectivity index (χ1) is 12.6. The largest absolute Gasteiger partial charge is 0.393 e. The van der Waals surface area contributed by atoms with Crippen molar-refractivity contribution in [2.24, 2.45) is 23.2 Å². The lowest BCUT2D eigenvalue weighted by molar-refractivity contribution is -0.0786. The molecule has 1 aliphatic carbocycles. The van der Waals surface area contributed by atoms with E-state index in [0.29, 0.717) is 23.2 Å². The number of aliphatic hydroxyl groups is 1. The summed E-state index contributed by atoms with van der Waals surface area (Å²) in [6, 6.07) is 9.27. The van der Waals surface area contributed by atoms with E-state index in [2.05, 4.69) is 70.7 Å². The van der Waals surface area contributed by atoms with Crippen molar-refractivity contribution in [2.75, 3.05) is 19.6 Å². The average molecular weight is 372 g/mol. The van der Waals surface area contributed by atoms with Gasteiger partial charge in [0, 0.05) is 13.1 Å². The molecule has 0 spiro atoms. The van der Waals surface area contributed by atoms with Crippen LogP contribution in [0.1, 0.15) is 71.9 Å². The minimum Gasteiger partial charge on any atom is -0.393 e. The Balaban J connectivity index is 1.55. The highest BCUT2D eigenvalue weighted by atomic mass is 16.3. The number of rotatable bonds is 4. The monoisotopic (exact) mass is 371 g/mol. The van der Waals surface area contributed by atoms with Gasteiger partial charge < -0.3 is 10.0 Å². The van der Waals surface area contributed by atoms with E-state index in [1.807, 2.05) is 0 Å². The molecule has 27 heavy (non-hydrogen) atoms. The molecule has 5 atom stereocenters. The zero-order chi connectivity index (χ0) is 19.8. The molecule has 1 saturated heterocycles. The Morgan fingerprint density at radius 2 is 1.85 bits per heavy atom. The summed E-state index contributed by atoms with van der Waals surface area (Å²) in [6.45, 7) is 17.6. The van der Waals surface area contributed by atoms with Gasteiger partial charge in [0.15, 0.2) is 0 Å². The molecule has 1 N–H and O–H groups in total. The van der Waals surface area contributed by atoms with Crippen LogP contribution in [0, 0.1) is 23.2 Å². The number of likely N-dealkylation sites (tertiary alicyclic amines) is 1. The summed E-state index contributed by atoms with van der Waals surface area (Å²) in [7, 11) is 0. The summed E-state index contributed by atoms with van der Waals surface area (Å²) < 4.78 is 0. The van der Waals surface area contributed by atoms with Gasteiger partial charge in [-0.2, -0.15) is 0 Å². The molecule has 1 aliphatic heterocycles. The minimum atomic E-state index is -0.0791. The highest BCUT2D eigenvalue weighted by Crippen LogP contribution is 2.48. The van der Waals surface area contributed by atoms with Crippen LogP contribution in [-0.4, -0.2) is 35.7 Å². The summed E-state index contributed by atoms with van der Waals surface area (Å²) >= 11 is 0. The molecular weight excluding hydrogens is 330 g/mol. The number of hydrogen-bond donors (Lipinski definition) is 1. The van der Waals surface area contributed by atoms with Crippen LogP contribution in [0.2, 0.25) is 0 Å². The summed E-state index contributed by atoms with van der Waals surface area (Å²) in [5, 5.41) is 10.3. The van der Waals surface area contributed by atoms with E-state index in [4.69, 9.17) is 0 Å². The Kier molecular flexibility index (Phi) is 6.08. The van der Waals surface area contributed by atoms with Crippen molar-refractivity contribution < 1.29 is 5.11 Å². The second-order valence-electron chi connectivity index (χ2n) is 11.0. The van der Waals surface area contributed by atoms with Gasteiger partial charge in [-0.05, 0) is 71.9 Å². The van der Waals surface area contributed by atoms with Gasteiger partial charge in [0.05, 0.1) is 6.10 Å². The predicted molar refractivity (Wildman–Crippen MR) is 115 cm³/mol. The van der Waals surface area contributed by atoms with E-state index in [0.717, 1.165) is 12.8 Å². The van der Waals surface area contributed by atoms with Gasteiger partial charge in [-0.25, -0.2) is 0 Å². The van der Waals surface area contributed by atoms with E-state index < -0.39 is 0 Å². The Bertz CT molecular complexity index is 616. The molecule has 0 bridgehead atoms. The fourth-order valence-corrected chi connectivity index (χ4v) is 5.75. The molecule has 0 amide bonds. The average Bonchev–Trinajstić information content (AvgIpc) is 2.58. The first-order valence-corrected chi connectivity index (χ1v) is 11.1. The van der Waals surface area contributed by atoms with Gasteiger partial charge >= 0.3 is 0 Å². The molecular formula is C25H41NO. The van der Waals surface area contributed by atoms with E-state index in [1.54, 1.807) is 0 Å². The maximum atomic E-state index is 10.3. The minimum absolute atomic E-state index is 0.0791. The number of piperidine rings is 1. The molecule has 2 nitrogen and oxygen atoms in total. The smallest absolute Gasteiger partial charge is 0.0568 e. The maximum Gasteiger partial charge on any atom is 0.0568 e. The molecule has 1 heterocycles. The summed E-state index contributed by atoms with van der Waals surface area (Å²) in [5.74, 6) is 1.83. The highest BCUT2D eigenvalue weighted by Gasteiger charge is 2.47. The van der Waals surface area contributed by atoms with Gasteiger partial charge in [-0.3, -0.25) is 0 Å². The second-order valence-corrected chi connectivity index (χ2v) is 11.0. The molecule has 1 aromatic rings. The molecule has 152 valence electrons. The van der Waals surface area contributed by atoms with Crippen LogP contribution < -0.4 is 0 Å². The molecule has 2 aliphatic rings. The Morgan fingerprint density at radius 3 is 2.48 bits per heavy atom. The highest BCUT2D eigenvalue weighted by molar-refractivity contribution is 5.27. The van der Waals surface area contributed by atoms with Crippen LogP contribution >= 0.6 is 0 Å². The van der Waals surface area contributed by atoms with Crippen molar-refractivity contribution in [3.05, 3.63) is 35.4 Å². The molecule has 2 heteroatoms. The summed E-state index contributed by atoms with van der Waals surface area (Å²) in [4.78, 5) is 2.70. The van der Waals surface area contributed by atoms with Crippen LogP contribution in [0.3, 0.4) is 0 Å². The molecule has 1 aromatic carbocycles. The van der Waals surface area contributed by atoms with Crippen molar-refractivity contribution in [3.8, 4) is 0 Å². The SMILES string of the molecule is CC(Cc1ccc(C(C)(C)C)cc1)CN1CC[C@@H]2[C@H](C)[C@@H](O)CC[C@@]2(C)C1. The first-order valence-electron chi connectivity index (χ1n) is 11.1. The van der Waals surface area contributed by atoms with E-state index in [9.17, 15) is 5.11 Å². The maximum absolute atomic E-state index is 10.3. The zero-order valence-electron chi connectivity index (χ0n) is 18.5. The number of fused-ring (bicyclic) bond motifs is 1. The third kappa shape index (κ3) is 4.77. The number of benzene rings is 1. The molecule has 1 saturated carbocycles. The number of aliphatic hydroxyl groups excluding tert-OH is 1. The summed E-state index contributed by atoms with van der Waals surface area (Å²) in [5.41, 5.74) is 3.51. The van der Waals surface area contributed by atoms with Crippen molar-refractivity contribution in [3.63, 3.8) is 0 Å².